The smallest absolute Gasteiger partial charge is 0.266 e. The summed E-state index contributed by atoms with van der Waals surface area (Å²) in [7, 11) is 0. The Kier molecular flexibility index (Phi) is 4.52. The van der Waals surface area contributed by atoms with Gasteiger partial charge in [-0.15, -0.1) is 11.3 Å². The van der Waals surface area contributed by atoms with Crippen molar-refractivity contribution in [3.05, 3.63) is 91.5 Å². The lowest BCUT2D eigenvalue weighted by Crippen LogP contribution is -2.20. The van der Waals surface area contributed by atoms with Gasteiger partial charge >= 0.3 is 0 Å². The number of H-pyrrole nitrogens is 1. The molecule has 0 saturated carbocycles. The molecule has 0 aliphatic heterocycles. The van der Waals surface area contributed by atoms with Crippen molar-refractivity contribution in [2.45, 2.75) is 0 Å². The number of pyridine rings is 1. The van der Waals surface area contributed by atoms with Gasteiger partial charge in [-0.25, -0.2) is 8.78 Å². The highest BCUT2D eigenvalue weighted by Crippen LogP contribution is 2.17. The Balaban J connectivity index is 1.70. The third-order valence-corrected chi connectivity index (χ3v) is 4.88. The molecule has 0 bridgehead atoms. The van der Waals surface area contributed by atoms with Crippen LogP contribution in [0, 0.1) is 11.6 Å². The van der Waals surface area contributed by atoms with Gasteiger partial charge in [0.25, 0.3) is 5.56 Å². The zero-order valence-corrected chi connectivity index (χ0v) is 14.7. The second-order valence-corrected chi connectivity index (χ2v) is 6.85. The highest BCUT2D eigenvalue weighted by molar-refractivity contribution is 7.07. The van der Waals surface area contributed by atoms with Crippen LogP contribution in [0.25, 0.3) is 23.2 Å². The number of hydrogen-bond donors (Lipinski definition) is 2. The van der Waals surface area contributed by atoms with Crippen molar-refractivity contribution >= 4 is 40.2 Å². The molecule has 0 amide bonds. The molecule has 4 aromatic rings. The number of rotatable bonds is 3. The van der Waals surface area contributed by atoms with E-state index in [1.807, 2.05) is 30.3 Å². The van der Waals surface area contributed by atoms with Crippen molar-refractivity contribution in [2.24, 2.45) is 0 Å². The summed E-state index contributed by atoms with van der Waals surface area (Å²) in [6.45, 7) is 0. The summed E-state index contributed by atoms with van der Waals surface area (Å²) < 4.78 is 28.2. The minimum Gasteiger partial charge on any atom is -0.354 e. The number of fused-ring (bicyclic) bond motifs is 1. The second kappa shape index (κ2) is 7.13. The quantitative estimate of drug-likeness (QED) is 0.574. The van der Waals surface area contributed by atoms with Crippen LogP contribution in [0.15, 0.2) is 59.5 Å². The van der Waals surface area contributed by atoms with Crippen molar-refractivity contribution < 1.29 is 8.78 Å². The van der Waals surface area contributed by atoms with Gasteiger partial charge in [0, 0.05) is 17.8 Å². The molecule has 4 rings (SSSR count). The molecule has 0 aliphatic rings. The molecule has 0 aliphatic carbocycles. The summed E-state index contributed by atoms with van der Waals surface area (Å²) in [6.07, 6.45) is 4.86. The van der Waals surface area contributed by atoms with E-state index in [2.05, 4.69) is 15.3 Å². The van der Waals surface area contributed by atoms with Crippen LogP contribution in [0.1, 0.15) is 5.56 Å². The number of hydrogen-bond acceptors (Lipinski definition) is 4. The van der Waals surface area contributed by atoms with Crippen LogP contribution in [0.3, 0.4) is 0 Å². The van der Waals surface area contributed by atoms with E-state index in [9.17, 15) is 13.6 Å². The van der Waals surface area contributed by atoms with Crippen LogP contribution in [0.5, 0.6) is 0 Å². The molecule has 2 heterocycles. The van der Waals surface area contributed by atoms with Crippen molar-refractivity contribution in [3.8, 4) is 0 Å². The topological polar surface area (TPSA) is 57.8 Å². The molecule has 0 radical (unpaired) electrons. The lowest BCUT2D eigenvalue weighted by atomic mass is 10.1. The van der Waals surface area contributed by atoms with Crippen molar-refractivity contribution in [3.63, 3.8) is 0 Å². The molecule has 7 heteroatoms. The maximum Gasteiger partial charge on any atom is 0.266 e. The number of aromatic nitrogens is 2. The van der Waals surface area contributed by atoms with E-state index in [1.165, 1.54) is 23.6 Å². The number of para-hydroxylation sites is 1. The van der Waals surface area contributed by atoms with Gasteiger partial charge in [0.15, 0.2) is 0 Å². The van der Waals surface area contributed by atoms with Crippen molar-refractivity contribution in [1.82, 2.24) is 9.97 Å². The average molecular weight is 381 g/mol. The Labute approximate surface area is 156 Å². The number of thiazole rings is 1. The molecule has 0 unspecified atom stereocenters. The van der Waals surface area contributed by atoms with Gasteiger partial charge in [0.05, 0.1) is 10.0 Å². The molecule has 0 saturated heterocycles. The highest BCUT2D eigenvalue weighted by atomic mass is 32.1. The molecule has 4 nitrogen and oxygen atoms in total. The first kappa shape index (κ1) is 17.1. The van der Waals surface area contributed by atoms with E-state index in [-0.39, 0.29) is 11.2 Å². The maximum absolute atomic E-state index is 13.7. The first-order valence-electron chi connectivity index (χ1n) is 8.06. The fourth-order valence-electron chi connectivity index (χ4n) is 2.63. The first-order valence-corrected chi connectivity index (χ1v) is 8.88. The Morgan fingerprint density at radius 2 is 1.89 bits per heavy atom. The number of nitrogens with one attached hydrogen (secondary N) is 2. The normalized spacial score (nSPS) is 12.7. The molecule has 2 aromatic heterocycles. The molecule has 0 spiro atoms. The van der Waals surface area contributed by atoms with E-state index in [0.717, 1.165) is 28.6 Å². The van der Waals surface area contributed by atoms with Gasteiger partial charge < -0.3 is 10.3 Å². The second-order valence-electron chi connectivity index (χ2n) is 5.77. The number of aromatic amines is 1. The standard InChI is InChI=1S/C20H13F2N3OS/c21-14-4-1-5-15(22)19(14)24-11-18-25-20(26)17(27-18)10-12-6-7-16-13(9-12)3-2-8-23-16/h1-11,24H,(H,25,26)/b17-10-,18-11-. The van der Waals surface area contributed by atoms with Crippen LogP contribution < -0.4 is 20.1 Å². The van der Waals surface area contributed by atoms with Crippen LogP contribution in [-0.4, -0.2) is 9.97 Å². The third-order valence-electron chi connectivity index (χ3n) is 3.92. The molecular weight excluding hydrogens is 368 g/mol. The first-order chi connectivity index (χ1) is 13.1. The zero-order valence-electron chi connectivity index (χ0n) is 13.9. The predicted octanol–water partition coefficient (Wildman–Crippen LogP) is 2.94. The number of benzene rings is 2. The van der Waals surface area contributed by atoms with Crippen molar-refractivity contribution in [2.75, 3.05) is 5.32 Å². The zero-order chi connectivity index (χ0) is 18.8. The lowest BCUT2D eigenvalue weighted by molar-refractivity contribution is 0.591. The van der Waals surface area contributed by atoms with Crippen LogP contribution in [0.2, 0.25) is 0 Å². The van der Waals surface area contributed by atoms with Gasteiger partial charge in [-0.3, -0.25) is 9.78 Å². The Hall–Kier alpha value is -3.32. The number of anilines is 1. The van der Waals surface area contributed by atoms with Gasteiger partial charge in [-0.1, -0.05) is 18.2 Å². The average Bonchev–Trinajstić information content (AvgIpc) is 3.00. The fraction of sp³-hybridized carbons (Fsp3) is 0. The Morgan fingerprint density at radius 3 is 2.70 bits per heavy atom. The molecule has 134 valence electrons. The molecular formula is C20H13F2N3OS. The maximum atomic E-state index is 13.7. The van der Waals surface area contributed by atoms with Crippen molar-refractivity contribution in [1.29, 1.82) is 0 Å². The Morgan fingerprint density at radius 1 is 1.07 bits per heavy atom. The summed E-state index contributed by atoms with van der Waals surface area (Å²) in [5.41, 5.74) is 1.20. The number of nitrogens with zero attached hydrogens (tertiary/aromatic N) is 1. The fourth-order valence-corrected chi connectivity index (χ4v) is 3.47. The van der Waals surface area contributed by atoms with E-state index >= 15 is 0 Å². The van der Waals surface area contributed by atoms with Crippen LogP contribution >= 0.6 is 11.3 Å². The van der Waals surface area contributed by atoms with Crippen LogP contribution in [-0.2, 0) is 0 Å². The minimum atomic E-state index is -0.707. The largest absolute Gasteiger partial charge is 0.354 e. The van der Waals surface area contributed by atoms with E-state index < -0.39 is 11.6 Å². The third kappa shape index (κ3) is 3.63. The predicted molar refractivity (Wildman–Crippen MR) is 104 cm³/mol. The lowest BCUT2D eigenvalue weighted by Gasteiger charge is -2.02. The summed E-state index contributed by atoms with van der Waals surface area (Å²) in [5.74, 6) is -1.41. The minimum absolute atomic E-state index is 0.265. The van der Waals surface area contributed by atoms with Crippen LogP contribution in [0.4, 0.5) is 14.5 Å². The van der Waals surface area contributed by atoms with E-state index in [0.29, 0.717) is 9.20 Å². The molecule has 2 N–H and O–H groups in total. The van der Waals surface area contributed by atoms with Gasteiger partial charge in [0.1, 0.15) is 22.0 Å². The molecule has 0 fully saturated rings. The van der Waals surface area contributed by atoms with E-state index in [1.54, 1.807) is 12.3 Å². The highest BCUT2D eigenvalue weighted by Gasteiger charge is 2.06. The molecule has 0 atom stereocenters. The summed E-state index contributed by atoms with van der Waals surface area (Å²) >= 11 is 1.19. The monoisotopic (exact) mass is 381 g/mol. The van der Waals surface area contributed by atoms with Gasteiger partial charge in [0.2, 0.25) is 0 Å². The molecule has 27 heavy (non-hydrogen) atoms. The van der Waals surface area contributed by atoms with E-state index in [4.69, 9.17) is 0 Å². The van der Waals surface area contributed by atoms with Gasteiger partial charge in [-0.2, -0.15) is 0 Å². The summed E-state index contributed by atoms with van der Waals surface area (Å²) in [4.78, 5) is 19.1. The molecule has 2 aromatic carbocycles. The Bertz CT molecular complexity index is 1290. The number of halogens is 2. The van der Waals surface area contributed by atoms with Gasteiger partial charge in [-0.05, 0) is 42.0 Å². The summed E-state index contributed by atoms with van der Waals surface area (Å²) in [5, 5.41) is 3.54. The summed E-state index contributed by atoms with van der Waals surface area (Å²) in [6, 6.07) is 13.1. The SMILES string of the molecule is O=c1[nH]/c(=C/Nc2c(F)cccc2F)s/c1=C\c1ccc2ncccc2c1.